The standard InChI is InChI=1S/C13H19N3O2/c1-4-15-8-11(7-14-15)5-6-16-12(17)9(2)10(3)13(16)18/h7-10H,4-6H2,1-3H3. The van der Waals surface area contributed by atoms with Crippen molar-refractivity contribution in [2.45, 2.75) is 33.7 Å². The minimum Gasteiger partial charge on any atom is -0.282 e. The number of rotatable bonds is 4. The fourth-order valence-corrected chi connectivity index (χ4v) is 2.20. The Morgan fingerprint density at radius 2 is 1.83 bits per heavy atom. The molecule has 98 valence electrons. The van der Waals surface area contributed by atoms with Crippen LogP contribution in [0.5, 0.6) is 0 Å². The lowest BCUT2D eigenvalue weighted by molar-refractivity contribution is -0.139. The summed E-state index contributed by atoms with van der Waals surface area (Å²) in [4.78, 5) is 25.2. The monoisotopic (exact) mass is 249 g/mol. The lowest BCUT2D eigenvalue weighted by Crippen LogP contribution is -2.32. The topological polar surface area (TPSA) is 55.2 Å². The van der Waals surface area contributed by atoms with Gasteiger partial charge in [0, 0.05) is 31.1 Å². The second-order valence-electron chi connectivity index (χ2n) is 4.86. The van der Waals surface area contributed by atoms with Crippen molar-refractivity contribution in [3.8, 4) is 0 Å². The van der Waals surface area contributed by atoms with E-state index in [9.17, 15) is 9.59 Å². The maximum atomic E-state index is 11.9. The maximum absolute atomic E-state index is 11.9. The lowest BCUT2D eigenvalue weighted by Gasteiger charge is -2.13. The number of likely N-dealkylation sites (tertiary alicyclic amines) is 1. The molecule has 1 aromatic rings. The van der Waals surface area contributed by atoms with Crippen molar-refractivity contribution in [2.24, 2.45) is 11.8 Å². The van der Waals surface area contributed by atoms with Gasteiger partial charge in [0.2, 0.25) is 11.8 Å². The Labute approximate surface area is 107 Å². The van der Waals surface area contributed by atoms with Gasteiger partial charge in [-0.25, -0.2) is 0 Å². The molecule has 2 unspecified atom stereocenters. The molecule has 0 aromatic carbocycles. The molecular weight excluding hydrogens is 230 g/mol. The summed E-state index contributed by atoms with van der Waals surface area (Å²) in [5.74, 6) is -0.461. The summed E-state index contributed by atoms with van der Waals surface area (Å²) in [5.41, 5.74) is 1.06. The predicted molar refractivity (Wildman–Crippen MR) is 66.7 cm³/mol. The minimum absolute atomic E-state index is 0.0459. The molecule has 1 aromatic heterocycles. The Hall–Kier alpha value is -1.65. The van der Waals surface area contributed by atoms with Crippen LogP contribution in [0.2, 0.25) is 0 Å². The van der Waals surface area contributed by atoms with Gasteiger partial charge in [0.15, 0.2) is 0 Å². The third-order valence-electron chi connectivity index (χ3n) is 3.70. The summed E-state index contributed by atoms with van der Waals surface area (Å²) >= 11 is 0. The number of carbonyl (C=O) groups is 2. The quantitative estimate of drug-likeness (QED) is 0.750. The van der Waals surface area contributed by atoms with Gasteiger partial charge in [-0.05, 0) is 18.9 Å². The summed E-state index contributed by atoms with van der Waals surface area (Å²) in [5, 5.41) is 4.18. The molecule has 0 N–H and O–H groups in total. The van der Waals surface area contributed by atoms with E-state index in [1.807, 2.05) is 31.6 Å². The average molecular weight is 249 g/mol. The highest BCUT2D eigenvalue weighted by Crippen LogP contribution is 2.25. The van der Waals surface area contributed by atoms with Gasteiger partial charge in [-0.3, -0.25) is 19.2 Å². The molecule has 2 amide bonds. The molecule has 0 radical (unpaired) electrons. The number of hydrogen-bond donors (Lipinski definition) is 0. The largest absolute Gasteiger partial charge is 0.282 e. The van der Waals surface area contributed by atoms with E-state index < -0.39 is 0 Å². The SMILES string of the molecule is CCn1cc(CCN2C(=O)C(C)C(C)C2=O)cn1. The number of aromatic nitrogens is 2. The Kier molecular flexibility index (Phi) is 3.50. The van der Waals surface area contributed by atoms with Crippen LogP contribution in [0.3, 0.4) is 0 Å². The van der Waals surface area contributed by atoms with Crippen molar-refractivity contribution >= 4 is 11.8 Å². The van der Waals surface area contributed by atoms with Crippen molar-refractivity contribution in [1.29, 1.82) is 0 Å². The Morgan fingerprint density at radius 1 is 1.22 bits per heavy atom. The molecule has 18 heavy (non-hydrogen) atoms. The maximum Gasteiger partial charge on any atom is 0.232 e. The zero-order chi connectivity index (χ0) is 13.3. The van der Waals surface area contributed by atoms with Gasteiger partial charge in [-0.1, -0.05) is 13.8 Å². The summed E-state index contributed by atoms with van der Waals surface area (Å²) in [6.45, 7) is 6.95. The van der Waals surface area contributed by atoms with Crippen LogP contribution in [0.1, 0.15) is 26.3 Å². The molecule has 1 fully saturated rings. The van der Waals surface area contributed by atoms with E-state index in [2.05, 4.69) is 5.10 Å². The molecule has 2 atom stereocenters. The second-order valence-corrected chi connectivity index (χ2v) is 4.86. The first-order chi connectivity index (χ1) is 8.54. The Bertz CT molecular complexity index is 447. The normalized spacial score (nSPS) is 24.1. The van der Waals surface area contributed by atoms with Gasteiger partial charge in [0.1, 0.15) is 0 Å². The highest BCUT2D eigenvalue weighted by molar-refractivity contribution is 6.04. The van der Waals surface area contributed by atoms with Crippen LogP contribution in [0.4, 0.5) is 0 Å². The van der Waals surface area contributed by atoms with E-state index >= 15 is 0 Å². The molecule has 5 heteroatoms. The van der Waals surface area contributed by atoms with Crippen molar-refractivity contribution in [3.05, 3.63) is 18.0 Å². The molecule has 1 aliphatic rings. The van der Waals surface area contributed by atoms with E-state index in [1.165, 1.54) is 4.90 Å². The molecule has 0 aliphatic carbocycles. The molecule has 2 rings (SSSR count). The number of hydrogen-bond acceptors (Lipinski definition) is 3. The number of imide groups is 1. The molecule has 1 saturated heterocycles. The van der Waals surface area contributed by atoms with Crippen molar-refractivity contribution in [3.63, 3.8) is 0 Å². The number of aryl methyl sites for hydroxylation is 1. The summed E-state index contributed by atoms with van der Waals surface area (Å²) in [7, 11) is 0. The van der Waals surface area contributed by atoms with E-state index in [1.54, 1.807) is 6.20 Å². The van der Waals surface area contributed by atoms with Crippen LogP contribution in [0.15, 0.2) is 12.4 Å². The first kappa shape index (κ1) is 12.8. The zero-order valence-corrected chi connectivity index (χ0v) is 11.1. The van der Waals surface area contributed by atoms with E-state index in [0.29, 0.717) is 13.0 Å². The van der Waals surface area contributed by atoms with Crippen LogP contribution >= 0.6 is 0 Å². The number of carbonyl (C=O) groups excluding carboxylic acids is 2. The van der Waals surface area contributed by atoms with Crippen molar-refractivity contribution in [2.75, 3.05) is 6.54 Å². The van der Waals surface area contributed by atoms with Crippen molar-refractivity contribution < 1.29 is 9.59 Å². The highest BCUT2D eigenvalue weighted by Gasteiger charge is 2.41. The van der Waals surface area contributed by atoms with Crippen molar-refractivity contribution in [1.82, 2.24) is 14.7 Å². The fraction of sp³-hybridized carbons (Fsp3) is 0.615. The fourth-order valence-electron chi connectivity index (χ4n) is 2.20. The van der Waals surface area contributed by atoms with Gasteiger partial charge < -0.3 is 0 Å². The van der Waals surface area contributed by atoms with Crippen LogP contribution in [0.25, 0.3) is 0 Å². The van der Waals surface area contributed by atoms with Gasteiger partial charge in [0.25, 0.3) is 0 Å². The van der Waals surface area contributed by atoms with Crippen LogP contribution in [-0.2, 0) is 22.6 Å². The third kappa shape index (κ3) is 2.17. The highest BCUT2D eigenvalue weighted by atomic mass is 16.2. The van der Waals surface area contributed by atoms with E-state index in [0.717, 1.165) is 12.1 Å². The van der Waals surface area contributed by atoms with E-state index in [-0.39, 0.29) is 23.7 Å². The molecule has 5 nitrogen and oxygen atoms in total. The number of amides is 2. The Balaban J connectivity index is 1.98. The molecule has 0 bridgehead atoms. The molecule has 0 spiro atoms. The number of nitrogens with zero attached hydrogens (tertiary/aromatic N) is 3. The first-order valence-corrected chi connectivity index (χ1v) is 6.41. The van der Waals surface area contributed by atoms with E-state index in [4.69, 9.17) is 0 Å². The van der Waals surface area contributed by atoms with Gasteiger partial charge in [-0.2, -0.15) is 5.10 Å². The molecular formula is C13H19N3O2. The van der Waals surface area contributed by atoms with Crippen LogP contribution < -0.4 is 0 Å². The summed E-state index contributed by atoms with van der Waals surface area (Å²) in [6, 6.07) is 0. The third-order valence-corrected chi connectivity index (χ3v) is 3.70. The lowest BCUT2D eigenvalue weighted by atomic mass is 10.00. The smallest absolute Gasteiger partial charge is 0.232 e. The molecule has 2 heterocycles. The predicted octanol–water partition coefficient (Wildman–Crippen LogP) is 1.09. The van der Waals surface area contributed by atoms with Gasteiger partial charge in [-0.15, -0.1) is 0 Å². The van der Waals surface area contributed by atoms with Gasteiger partial charge >= 0.3 is 0 Å². The van der Waals surface area contributed by atoms with Gasteiger partial charge in [0.05, 0.1) is 6.20 Å². The van der Waals surface area contributed by atoms with Crippen LogP contribution in [0, 0.1) is 11.8 Å². The average Bonchev–Trinajstić information content (AvgIpc) is 2.90. The first-order valence-electron chi connectivity index (χ1n) is 6.41. The molecule has 0 saturated carbocycles. The summed E-state index contributed by atoms with van der Waals surface area (Å²) < 4.78 is 1.84. The summed E-state index contributed by atoms with van der Waals surface area (Å²) in [6.07, 6.45) is 4.43. The zero-order valence-electron chi connectivity index (χ0n) is 11.1. The minimum atomic E-state index is -0.184. The van der Waals surface area contributed by atoms with Crippen LogP contribution in [-0.4, -0.2) is 33.0 Å². The second kappa shape index (κ2) is 4.92. The molecule has 1 aliphatic heterocycles. The Morgan fingerprint density at radius 3 is 2.33 bits per heavy atom.